The zero-order chi connectivity index (χ0) is 10.2. The van der Waals surface area contributed by atoms with E-state index in [1.807, 2.05) is 18.2 Å². The van der Waals surface area contributed by atoms with Gasteiger partial charge in [-0.25, -0.2) is 4.98 Å². The van der Waals surface area contributed by atoms with Crippen molar-refractivity contribution in [1.82, 2.24) is 4.98 Å². The molecule has 0 aromatic carbocycles. The number of hydrogen-bond acceptors (Lipinski definition) is 4. The van der Waals surface area contributed by atoms with Crippen LogP contribution in [0, 0.1) is 0 Å². The second-order valence-electron chi connectivity index (χ2n) is 2.86. The Labute approximate surface area is 88.9 Å². The molecular weight excluding hydrogens is 196 g/mol. The van der Waals surface area contributed by atoms with Crippen molar-refractivity contribution in [3.8, 4) is 0 Å². The minimum absolute atomic E-state index is 0.193. The van der Waals surface area contributed by atoms with Gasteiger partial charge in [-0.1, -0.05) is 13.0 Å². The lowest BCUT2D eigenvalue weighted by atomic mass is 10.4. The average molecular weight is 212 g/mol. The Morgan fingerprint density at radius 3 is 3.07 bits per heavy atom. The van der Waals surface area contributed by atoms with E-state index in [1.54, 1.807) is 11.8 Å². The number of aromatic nitrogens is 1. The van der Waals surface area contributed by atoms with E-state index in [0.29, 0.717) is 5.75 Å². The first-order chi connectivity index (χ1) is 6.86. The SMILES string of the molecule is CCCNc1cccc(SCCO)n1. The van der Waals surface area contributed by atoms with Crippen molar-refractivity contribution in [2.24, 2.45) is 0 Å². The summed E-state index contributed by atoms with van der Waals surface area (Å²) in [6.45, 7) is 3.26. The summed E-state index contributed by atoms with van der Waals surface area (Å²) in [5, 5.41) is 12.9. The van der Waals surface area contributed by atoms with Crippen LogP contribution >= 0.6 is 11.8 Å². The van der Waals surface area contributed by atoms with Crippen LogP contribution < -0.4 is 5.32 Å². The Morgan fingerprint density at radius 1 is 1.50 bits per heavy atom. The van der Waals surface area contributed by atoms with Gasteiger partial charge >= 0.3 is 0 Å². The summed E-state index contributed by atoms with van der Waals surface area (Å²) in [6, 6.07) is 5.89. The highest BCUT2D eigenvalue weighted by atomic mass is 32.2. The van der Waals surface area contributed by atoms with E-state index in [1.165, 1.54) is 0 Å². The maximum absolute atomic E-state index is 8.67. The molecule has 0 saturated heterocycles. The molecule has 0 aliphatic carbocycles. The second-order valence-corrected chi connectivity index (χ2v) is 3.98. The third-order valence-electron chi connectivity index (χ3n) is 1.62. The zero-order valence-electron chi connectivity index (χ0n) is 8.36. The fourth-order valence-electron chi connectivity index (χ4n) is 0.997. The van der Waals surface area contributed by atoms with Gasteiger partial charge in [0, 0.05) is 12.3 Å². The molecule has 0 atom stereocenters. The standard InChI is InChI=1S/C10H16N2OS/c1-2-6-11-9-4-3-5-10(12-9)14-8-7-13/h3-5,13H,2,6-8H2,1H3,(H,11,12). The van der Waals surface area contributed by atoms with Gasteiger partial charge in [-0.3, -0.25) is 0 Å². The molecule has 3 nitrogen and oxygen atoms in total. The van der Waals surface area contributed by atoms with Crippen LogP contribution in [-0.4, -0.2) is 29.0 Å². The summed E-state index contributed by atoms with van der Waals surface area (Å²) >= 11 is 1.57. The Hall–Kier alpha value is -0.740. The number of aliphatic hydroxyl groups excluding tert-OH is 1. The summed E-state index contributed by atoms with van der Waals surface area (Å²) in [5.41, 5.74) is 0. The molecule has 0 spiro atoms. The number of nitrogens with one attached hydrogen (secondary N) is 1. The largest absolute Gasteiger partial charge is 0.396 e. The van der Waals surface area contributed by atoms with Gasteiger partial charge in [-0.05, 0) is 18.6 Å². The summed E-state index contributed by atoms with van der Waals surface area (Å²) in [6.07, 6.45) is 1.09. The van der Waals surface area contributed by atoms with E-state index in [-0.39, 0.29) is 6.61 Å². The molecule has 1 aromatic rings. The number of hydrogen-bond donors (Lipinski definition) is 2. The van der Waals surface area contributed by atoms with Crippen molar-refractivity contribution in [2.45, 2.75) is 18.4 Å². The van der Waals surface area contributed by atoms with E-state index in [0.717, 1.165) is 23.8 Å². The van der Waals surface area contributed by atoms with Crippen LogP contribution in [0.2, 0.25) is 0 Å². The number of pyridine rings is 1. The second kappa shape index (κ2) is 6.68. The van der Waals surface area contributed by atoms with Crippen LogP contribution in [0.3, 0.4) is 0 Å². The molecule has 1 heterocycles. The lowest BCUT2D eigenvalue weighted by molar-refractivity contribution is 0.322. The molecule has 0 aliphatic rings. The van der Waals surface area contributed by atoms with Crippen LogP contribution in [0.5, 0.6) is 0 Å². The first kappa shape index (κ1) is 11.3. The minimum Gasteiger partial charge on any atom is -0.396 e. The molecule has 4 heteroatoms. The van der Waals surface area contributed by atoms with Crippen molar-refractivity contribution in [2.75, 3.05) is 24.2 Å². The van der Waals surface area contributed by atoms with Crippen molar-refractivity contribution in [3.05, 3.63) is 18.2 Å². The molecule has 0 unspecified atom stereocenters. The van der Waals surface area contributed by atoms with Gasteiger partial charge in [0.05, 0.1) is 11.6 Å². The average Bonchev–Trinajstić information content (AvgIpc) is 2.24. The topological polar surface area (TPSA) is 45.1 Å². The van der Waals surface area contributed by atoms with Crippen molar-refractivity contribution < 1.29 is 5.11 Å². The molecule has 78 valence electrons. The third kappa shape index (κ3) is 3.98. The Morgan fingerprint density at radius 2 is 2.36 bits per heavy atom. The summed E-state index contributed by atoms with van der Waals surface area (Å²) < 4.78 is 0. The van der Waals surface area contributed by atoms with Crippen LogP contribution in [-0.2, 0) is 0 Å². The van der Waals surface area contributed by atoms with Crippen molar-refractivity contribution >= 4 is 17.6 Å². The number of rotatable bonds is 6. The van der Waals surface area contributed by atoms with E-state index < -0.39 is 0 Å². The number of anilines is 1. The summed E-state index contributed by atoms with van der Waals surface area (Å²) in [4.78, 5) is 4.39. The fraction of sp³-hybridized carbons (Fsp3) is 0.500. The summed E-state index contributed by atoms with van der Waals surface area (Å²) in [5.74, 6) is 1.61. The Kier molecular flexibility index (Phi) is 5.40. The van der Waals surface area contributed by atoms with Gasteiger partial charge in [-0.2, -0.15) is 0 Å². The Balaban J connectivity index is 2.50. The first-order valence-electron chi connectivity index (χ1n) is 4.81. The number of nitrogens with zero attached hydrogens (tertiary/aromatic N) is 1. The summed E-state index contributed by atoms with van der Waals surface area (Å²) in [7, 11) is 0. The van der Waals surface area contributed by atoms with Gasteiger partial charge in [0.1, 0.15) is 5.82 Å². The molecule has 0 fully saturated rings. The molecule has 1 aromatic heterocycles. The maximum Gasteiger partial charge on any atom is 0.127 e. The zero-order valence-corrected chi connectivity index (χ0v) is 9.18. The predicted octanol–water partition coefficient (Wildman–Crippen LogP) is 1.99. The highest BCUT2D eigenvalue weighted by molar-refractivity contribution is 7.99. The number of aliphatic hydroxyl groups is 1. The third-order valence-corrected chi connectivity index (χ3v) is 2.53. The van der Waals surface area contributed by atoms with Crippen LogP contribution in [0.15, 0.2) is 23.2 Å². The smallest absolute Gasteiger partial charge is 0.127 e. The fourth-order valence-corrected chi connectivity index (χ4v) is 1.64. The van der Waals surface area contributed by atoms with Gasteiger partial charge in [0.15, 0.2) is 0 Å². The monoisotopic (exact) mass is 212 g/mol. The molecule has 0 bridgehead atoms. The van der Waals surface area contributed by atoms with Crippen molar-refractivity contribution in [1.29, 1.82) is 0 Å². The quantitative estimate of drug-likeness (QED) is 0.708. The van der Waals surface area contributed by atoms with Crippen LogP contribution in [0.1, 0.15) is 13.3 Å². The number of thioether (sulfide) groups is 1. The first-order valence-corrected chi connectivity index (χ1v) is 5.80. The predicted molar refractivity (Wildman–Crippen MR) is 60.8 cm³/mol. The molecule has 1 rings (SSSR count). The Bertz CT molecular complexity index is 245. The van der Waals surface area contributed by atoms with E-state index in [4.69, 9.17) is 5.11 Å². The highest BCUT2D eigenvalue weighted by Crippen LogP contribution is 2.16. The van der Waals surface area contributed by atoms with E-state index >= 15 is 0 Å². The van der Waals surface area contributed by atoms with Gasteiger partial charge in [-0.15, -0.1) is 11.8 Å². The lowest BCUT2D eigenvalue weighted by Crippen LogP contribution is -2.01. The van der Waals surface area contributed by atoms with Crippen LogP contribution in [0.25, 0.3) is 0 Å². The van der Waals surface area contributed by atoms with Crippen molar-refractivity contribution in [3.63, 3.8) is 0 Å². The van der Waals surface area contributed by atoms with E-state index in [2.05, 4.69) is 17.2 Å². The van der Waals surface area contributed by atoms with Gasteiger partial charge < -0.3 is 10.4 Å². The molecule has 0 radical (unpaired) electrons. The molecular formula is C10H16N2OS. The molecule has 0 saturated carbocycles. The molecule has 2 N–H and O–H groups in total. The molecule has 0 aliphatic heterocycles. The highest BCUT2D eigenvalue weighted by Gasteiger charge is 1.96. The lowest BCUT2D eigenvalue weighted by Gasteiger charge is -2.05. The van der Waals surface area contributed by atoms with Crippen LogP contribution in [0.4, 0.5) is 5.82 Å². The molecule has 0 amide bonds. The molecule has 14 heavy (non-hydrogen) atoms. The van der Waals surface area contributed by atoms with Gasteiger partial charge in [0.25, 0.3) is 0 Å². The van der Waals surface area contributed by atoms with Gasteiger partial charge in [0.2, 0.25) is 0 Å². The minimum atomic E-state index is 0.193. The maximum atomic E-state index is 8.67. The normalized spacial score (nSPS) is 10.1. The van der Waals surface area contributed by atoms with E-state index in [9.17, 15) is 0 Å².